The van der Waals surface area contributed by atoms with Crippen LogP contribution in [0, 0.1) is 5.82 Å². The molecule has 3 aromatic rings. The van der Waals surface area contributed by atoms with Crippen LogP contribution in [0.15, 0.2) is 65.6 Å². The van der Waals surface area contributed by atoms with E-state index in [2.05, 4.69) is 10.0 Å². The quantitative estimate of drug-likeness (QED) is 0.521. The molecule has 0 aliphatic heterocycles. The maximum absolute atomic E-state index is 13.1. The van der Waals surface area contributed by atoms with Crippen LogP contribution in [0.2, 0.25) is 5.02 Å². The number of ether oxygens (including phenoxy) is 1. The van der Waals surface area contributed by atoms with Crippen molar-refractivity contribution in [3.63, 3.8) is 0 Å². The van der Waals surface area contributed by atoms with Gasteiger partial charge in [0.15, 0.2) is 11.5 Å². The number of hydrogen-bond acceptors (Lipinski definition) is 5. The molecule has 10 heteroatoms. The average Bonchev–Trinajstić information content (AvgIpc) is 2.70. The van der Waals surface area contributed by atoms with E-state index in [0.29, 0.717) is 5.69 Å². The second-order valence-electron chi connectivity index (χ2n) is 6.09. The van der Waals surface area contributed by atoms with Crippen molar-refractivity contribution in [2.75, 3.05) is 17.1 Å². The molecule has 7 nitrogen and oxygen atoms in total. The normalized spacial score (nSPS) is 11.0. The van der Waals surface area contributed by atoms with Crippen LogP contribution in [0.5, 0.6) is 11.5 Å². The summed E-state index contributed by atoms with van der Waals surface area (Å²) in [5.74, 6) is -1.04. The molecule has 0 atom stereocenters. The number of amides is 1. The van der Waals surface area contributed by atoms with E-state index in [1.165, 1.54) is 43.5 Å². The predicted molar refractivity (Wildman–Crippen MR) is 111 cm³/mol. The number of rotatable bonds is 6. The minimum Gasteiger partial charge on any atom is -0.504 e. The number of halogens is 2. The Bertz CT molecular complexity index is 1200. The Morgan fingerprint density at radius 2 is 1.77 bits per heavy atom. The summed E-state index contributed by atoms with van der Waals surface area (Å²) < 4.78 is 45.3. The lowest BCUT2D eigenvalue weighted by molar-refractivity contribution is 0.102. The van der Waals surface area contributed by atoms with Gasteiger partial charge in [-0.05, 0) is 54.6 Å². The molecule has 0 unspecified atom stereocenters. The summed E-state index contributed by atoms with van der Waals surface area (Å²) >= 11 is 6.07. The van der Waals surface area contributed by atoms with Crippen LogP contribution in [0.4, 0.5) is 15.8 Å². The predicted octanol–water partition coefficient (Wildman–Crippen LogP) is 4.25. The number of aromatic hydroxyl groups is 1. The van der Waals surface area contributed by atoms with Crippen LogP contribution in [0.1, 0.15) is 10.4 Å². The Morgan fingerprint density at radius 3 is 2.40 bits per heavy atom. The lowest BCUT2D eigenvalue weighted by atomic mass is 10.2. The fourth-order valence-corrected chi connectivity index (χ4v) is 3.82. The molecule has 3 aromatic carbocycles. The number of phenols is 1. The summed E-state index contributed by atoms with van der Waals surface area (Å²) in [6, 6.07) is 12.6. The molecule has 0 fully saturated rings. The van der Waals surface area contributed by atoms with E-state index < -0.39 is 21.7 Å². The number of sulfonamides is 1. The molecule has 156 valence electrons. The number of carbonyl (C=O) groups is 1. The lowest BCUT2D eigenvalue weighted by Gasteiger charge is -2.12. The highest BCUT2D eigenvalue weighted by molar-refractivity contribution is 7.92. The molecule has 0 saturated heterocycles. The molecule has 0 bridgehead atoms. The van der Waals surface area contributed by atoms with Crippen LogP contribution in [0.3, 0.4) is 0 Å². The molecule has 0 aliphatic carbocycles. The maximum Gasteiger partial charge on any atom is 0.261 e. The first kappa shape index (κ1) is 21.4. The van der Waals surface area contributed by atoms with E-state index >= 15 is 0 Å². The van der Waals surface area contributed by atoms with Gasteiger partial charge >= 0.3 is 0 Å². The van der Waals surface area contributed by atoms with Crippen molar-refractivity contribution in [3.05, 3.63) is 77.1 Å². The van der Waals surface area contributed by atoms with Crippen LogP contribution in [-0.2, 0) is 10.0 Å². The second-order valence-corrected chi connectivity index (χ2v) is 8.18. The molecule has 3 N–H and O–H groups in total. The van der Waals surface area contributed by atoms with E-state index in [0.717, 1.165) is 24.3 Å². The Balaban J connectivity index is 1.83. The highest BCUT2D eigenvalue weighted by Crippen LogP contribution is 2.30. The van der Waals surface area contributed by atoms with Gasteiger partial charge in [0.25, 0.3) is 15.9 Å². The third-order valence-electron chi connectivity index (χ3n) is 4.03. The van der Waals surface area contributed by atoms with Gasteiger partial charge in [-0.15, -0.1) is 0 Å². The summed E-state index contributed by atoms with van der Waals surface area (Å²) in [5.41, 5.74) is 0.402. The summed E-state index contributed by atoms with van der Waals surface area (Å²) in [6.45, 7) is 0. The summed E-state index contributed by atoms with van der Waals surface area (Å²) in [5, 5.41) is 12.5. The Kier molecular flexibility index (Phi) is 6.14. The van der Waals surface area contributed by atoms with Gasteiger partial charge in [0, 0.05) is 17.3 Å². The Morgan fingerprint density at radius 1 is 1.07 bits per heavy atom. The first-order valence-electron chi connectivity index (χ1n) is 8.46. The number of hydrogen-bond donors (Lipinski definition) is 3. The monoisotopic (exact) mass is 450 g/mol. The zero-order valence-electron chi connectivity index (χ0n) is 15.5. The van der Waals surface area contributed by atoms with Gasteiger partial charge in [0.05, 0.1) is 22.7 Å². The third-order valence-corrected chi connectivity index (χ3v) is 5.74. The third kappa shape index (κ3) is 4.81. The van der Waals surface area contributed by atoms with E-state index in [1.54, 1.807) is 0 Å². The van der Waals surface area contributed by atoms with Crippen molar-refractivity contribution in [1.82, 2.24) is 0 Å². The van der Waals surface area contributed by atoms with E-state index in [1.807, 2.05) is 0 Å². The number of phenolic OH excluding ortho intramolecular Hbond substituents is 1. The summed E-state index contributed by atoms with van der Waals surface area (Å²) in [4.78, 5) is 12.4. The van der Waals surface area contributed by atoms with Crippen LogP contribution < -0.4 is 14.8 Å². The molecule has 0 aromatic heterocycles. The average molecular weight is 451 g/mol. The largest absolute Gasteiger partial charge is 0.504 e. The van der Waals surface area contributed by atoms with E-state index in [9.17, 15) is 22.7 Å². The smallest absolute Gasteiger partial charge is 0.261 e. The van der Waals surface area contributed by atoms with Gasteiger partial charge in [-0.2, -0.15) is 0 Å². The van der Waals surface area contributed by atoms with Crippen molar-refractivity contribution in [3.8, 4) is 11.5 Å². The van der Waals surface area contributed by atoms with Gasteiger partial charge in [-0.1, -0.05) is 11.6 Å². The minimum atomic E-state index is -4.05. The molecular weight excluding hydrogens is 435 g/mol. The molecule has 0 aliphatic rings. The molecule has 0 saturated carbocycles. The van der Waals surface area contributed by atoms with Crippen molar-refractivity contribution >= 4 is 38.9 Å². The summed E-state index contributed by atoms with van der Waals surface area (Å²) in [6.07, 6.45) is 0. The van der Waals surface area contributed by atoms with Crippen LogP contribution >= 0.6 is 11.6 Å². The van der Waals surface area contributed by atoms with Gasteiger partial charge in [-0.25, -0.2) is 12.8 Å². The van der Waals surface area contributed by atoms with Crippen LogP contribution in [-0.4, -0.2) is 26.5 Å². The maximum atomic E-state index is 13.1. The van der Waals surface area contributed by atoms with E-state index in [4.69, 9.17) is 16.3 Å². The van der Waals surface area contributed by atoms with Gasteiger partial charge in [0.2, 0.25) is 0 Å². The Labute approximate surface area is 177 Å². The number of methoxy groups -OCH3 is 1. The molecule has 0 spiro atoms. The number of benzene rings is 3. The van der Waals surface area contributed by atoms with Crippen molar-refractivity contribution in [1.29, 1.82) is 0 Å². The topological polar surface area (TPSA) is 105 Å². The van der Waals surface area contributed by atoms with Crippen LogP contribution in [0.25, 0.3) is 0 Å². The Hall–Kier alpha value is -3.30. The zero-order chi connectivity index (χ0) is 21.9. The summed E-state index contributed by atoms with van der Waals surface area (Å²) in [7, 11) is -2.65. The fraction of sp³-hybridized carbons (Fsp3) is 0.0500. The minimum absolute atomic E-state index is 0.0220. The lowest BCUT2D eigenvalue weighted by Crippen LogP contribution is -2.15. The van der Waals surface area contributed by atoms with Gasteiger partial charge in [0.1, 0.15) is 5.82 Å². The van der Waals surface area contributed by atoms with Crippen molar-refractivity contribution < 1.29 is 27.4 Å². The number of anilines is 2. The SMILES string of the molecule is COc1ccc(NC(=O)c2ccc(Cl)c(NS(=O)(=O)c3ccc(F)cc3)c2)cc1O. The first-order valence-corrected chi connectivity index (χ1v) is 10.3. The molecule has 30 heavy (non-hydrogen) atoms. The standard InChI is InChI=1S/C20H16ClFN2O5S/c1-29-19-9-5-14(11-18(19)25)23-20(26)12-2-8-16(21)17(10-12)24-30(27,28)15-6-3-13(22)4-7-15/h2-11,24-25H,1H3,(H,23,26). The number of nitrogens with one attached hydrogen (secondary N) is 2. The molecule has 1 amide bonds. The van der Waals surface area contributed by atoms with Crippen molar-refractivity contribution in [2.45, 2.75) is 4.90 Å². The molecule has 0 radical (unpaired) electrons. The zero-order valence-corrected chi connectivity index (χ0v) is 17.1. The van der Waals surface area contributed by atoms with Crippen molar-refractivity contribution in [2.24, 2.45) is 0 Å². The van der Waals surface area contributed by atoms with E-state index in [-0.39, 0.29) is 32.7 Å². The first-order chi connectivity index (χ1) is 14.2. The molecule has 3 rings (SSSR count). The number of carbonyl (C=O) groups excluding carboxylic acids is 1. The van der Waals surface area contributed by atoms with Gasteiger partial charge in [-0.3, -0.25) is 9.52 Å². The highest BCUT2D eigenvalue weighted by atomic mass is 35.5. The molecular formula is C20H16ClFN2O5S. The highest BCUT2D eigenvalue weighted by Gasteiger charge is 2.18. The molecule has 0 heterocycles. The fourth-order valence-electron chi connectivity index (χ4n) is 2.53. The van der Waals surface area contributed by atoms with Gasteiger partial charge < -0.3 is 15.2 Å². The second kappa shape index (κ2) is 8.60.